The predicted octanol–water partition coefficient (Wildman–Crippen LogP) is 4.57. The van der Waals surface area contributed by atoms with Crippen LogP contribution < -0.4 is 16.0 Å². The average molecular weight is 545 g/mol. The molecule has 6 nitrogen and oxygen atoms in total. The zero-order chi connectivity index (χ0) is 21.6. The molecule has 1 amide bonds. The molecule has 1 aliphatic heterocycles. The first-order chi connectivity index (χ1) is 15.2. The van der Waals surface area contributed by atoms with Crippen LogP contribution in [0, 0.1) is 0 Å². The van der Waals surface area contributed by atoms with E-state index in [0.29, 0.717) is 13.0 Å². The summed E-state index contributed by atoms with van der Waals surface area (Å²) in [6.07, 6.45) is 4.52. The van der Waals surface area contributed by atoms with Crippen molar-refractivity contribution in [3.05, 3.63) is 65.4 Å². The number of aromatic nitrogens is 1. The number of hydrogen-bond donors (Lipinski definition) is 4. The molecule has 1 aliphatic rings. The lowest BCUT2D eigenvalue weighted by molar-refractivity contribution is -0.116. The first kappa shape index (κ1) is 24.1. The van der Waals surface area contributed by atoms with Gasteiger partial charge in [0.25, 0.3) is 0 Å². The fraction of sp³-hybridized carbons (Fsp3) is 0.360. The molecule has 0 spiro atoms. The van der Waals surface area contributed by atoms with Crippen LogP contribution in [-0.4, -0.2) is 36.5 Å². The lowest BCUT2D eigenvalue weighted by atomic mass is 9.91. The van der Waals surface area contributed by atoms with Crippen LogP contribution in [0.15, 0.2) is 53.7 Å². The number of aliphatic imine (C=N–C) groups is 1. The summed E-state index contributed by atoms with van der Waals surface area (Å²) in [5, 5.41) is 11.0. The average Bonchev–Trinajstić information content (AvgIpc) is 3.20. The summed E-state index contributed by atoms with van der Waals surface area (Å²) in [4.78, 5) is 20.3. The molecule has 4 rings (SSSR count). The van der Waals surface area contributed by atoms with Gasteiger partial charge in [-0.3, -0.25) is 9.79 Å². The van der Waals surface area contributed by atoms with Crippen LogP contribution in [0.4, 0.5) is 5.69 Å². The Kier molecular flexibility index (Phi) is 8.55. The number of benzene rings is 2. The summed E-state index contributed by atoms with van der Waals surface area (Å²) in [7, 11) is 0. The van der Waals surface area contributed by atoms with Gasteiger partial charge < -0.3 is 20.9 Å². The van der Waals surface area contributed by atoms with Gasteiger partial charge in [-0.05, 0) is 42.5 Å². The van der Waals surface area contributed by atoms with Crippen LogP contribution in [0.3, 0.4) is 0 Å². The monoisotopic (exact) mass is 545 g/mol. The van der Waals surface area contributed by atoms with Crippen molar-refractivity contribution < 1.29 is 4.79 Å². The van der Waals surface area contributed by atoms with E-state index in [1.807, 2.05) is 18.2 Å². The predicted molar refractivity (Wildman–Crippen MR) is 143 cm³/mol. The van der Waals surface area contributed by atoms with Gasteiger partial charge in [-0.25, -0.2) is 0 Å². The highest BCUT2D eigenvalue weighted by Gasteiger charge is 2.24. The molecular weight excluding hydrogens is 513 g/mol. The number of nitrogens with one attached hydrogen (secondary N) is 4. The van der Waals surface area contributed by atoms with Crippen molar-refractivity contribution in [2.75, 3.05) is 25.0 Å². The molecule has 0 fully saturated rings. The Hall–Kier alpha value is -2.55. The molecule has 170 valence electrons. The van der Waals surface area contributed by atoms with Gasteiger partial charge in [0.05, 0.1) is 6.54 Å². The molecule has 1 atom stereocenters. The molecule has 1 unspecified atom stereocenters. The number of aromatic amines is 1. The molecule has 3 aromatic rings. The molecule has 32 heavy (non-hydrogen) atoms. The quantitative estimate of drug-likeness (QED) is 0.200. The van der Waals surface area contributed by atoms with Crippen molar-refractivity contribution in [3.63, 3.8) is 0 Å². The van der Waals surface area contributed by atoms with Crippen LogP contribution in [0.1, 0.15) is 42.9 Å². The smallest absolute Gasteiger partial charge is 0.225 e. The summed E-state index contributed by atoms with van der Waals surface area (Å²) < 4.78 is 0. The topological polar surface area (TPSA) is 81.3 Å². The minimum absolute atomic E-state index is 0. The van der Waals surface area contributed by atoms with E-state index < -0.39 is 0 Å². The molecular formula is C25H32IN5O. The first-order valence-electron chi connectivity index (χ1n) is 11.2. The van der Waals surface area contributed by atoms with Crippen molar-refractivity contribution in [1.82, 2.24) is 15.6 Å². The molecule has 4 N–H and O–H groups in total. The number of para-hydroxylation sites is 2. The number of rotatable bonds is 7. The molecule has 1 aromatic heterocycles. The van der Waals surface area contributed by atoms with Crippen molar-refractivity contribution in [2.24, 2.45) is 4.99 Å². The summed E-state index contributed by atoms with van der Waals surface area (Å²) in [6.45, 7) is 6.40. The highest BCUT2D eigenvalue weighted by Crippen LogP contribution is 2.32. The second kappa shape index (κ2) is 11.4. The largest absolute Gasteiger partial charge is 0.361 e. The third-order valence-corrected chi connectivity index (χ3v) is 5.88. The molecule has 7 heteroatoms. The van der Waals surface area contributed by atoms with Crippen LogP contribution >= 0.6 is 24.0 Å². The van der Waals surface area contributed by atoms with Gasteiger partial charge in [0.2, 0.25) is 5.91 Å². The number of halogens is 1. The number of nitrogens with zero attached hydrogens (tertiary/aromatic N) is 1. The van der Waals surface area contributed by atoms with E-state index in [2.05, 4.69) is 65.2 Å². The van der Waals surface area contributed by atoms with Gasteiger partial charge in [-0.15, -0.1) is 24.0 Å². The zero-order valence-corrected chi connectivity index (χ0v) is 21.0. The summed E-state index contributed by atoms with van der Waals surface area (Å²) in [6, 6.07) is 14.5. The number of aryl methyl sites for hydroxylation is 1. The third kappa shape index (κ3) is 5.43. The normalized spacial score (nSPS) is 15.6. The maximum atomic E-state index is 12.1. The second-order valence-corrected chi connectivity index (χ2v) is 7.94. The Labute approximate surface area is 206 Å². The SMILES string of the molecule is CCNC(=NCC1CC(=O)Nc2ccccc21)NCCc1c[nH]c2c(CC)cccc12.I. The number of anilines is 1. The second-order valence-electron chi connectivity index (χ2n) is 7.94. The lowest BCUT2D eigenvalue weighted by Gasteiger charge is -2.24. The van der Waals surface area contributed by atoms with Crippen LogP contribution in [0.5, 0.6) is 0 Å². The van der Waals surface area contributed by atoms with E-state index >= 15 is 0 Å². The molecule has 2 heterocycles. The van der Waals surface area contributed by atoms with E-state index in [-0.39, 0.29) is 35.8 Å². The number of carbonyl (C=O) groups is 1. The highest BCUT2D eigenvalue weighted by atomic mass is 127. The Balaban J connectivity index is 0.00000289. The summed E-state index contributed by atoms with van der Waals surface area (Å²) >= 11 is 0. The van der Waals surface area contributed by atoms with Gasteiger partial charge in [0.15, 0.2) is 5.96 Å². The number of amides is 1. The van der Waals surface area contributed by atoms with E-state index in [0.717, 1.165) is 43.1 Å². The van der Waals surface area contributed by atoms with Gasteiger partial charge in [0.1, 0.15) is 0 Å². The lowest BCUT2D eigenvalue weighted by Crippen LogP contribution is -2.38. The fourth-order valence-electron chi connectivity index (χ4n) is 4.30. The van der Waals surface area contributed by atoms with Gasteiger partial charge in [-0.2, -0.15) is 0 Å². The molecule has 0 saturated heterocycles. The Morgan fingerprint density at radius 1 is 1.09 bits per heavy atom. The van der Waals surface area contributed by atoms with Crippen molar-refractivity contribution in [1.29, 1.82) is 0 Å². The third-order valence-electron chi connectivity index (χ3n) is 5.88. The number of guanidine groups is 1. The van der Waals surface area contributed by atoms with Crippen molar-refractivity contribution in [3.8, 4) is 0 Å². The number of H-pyrrole nitrogens is 1. The maximum absolute atomic E-state index is 12.1. The number of hydrogen-bond acceptors (Lipinski definition) is 2. The molecule has 0 bridgehead atoms. The molecule has 0 aliphatic carbocycles. The van der Waals surface area contributed by atoms with Gasteiger partial charge >= 0.3 is 0 Å². The minimum atomic E-state index is 0. The molecule has 0 saturated carbocycles. The number of carbonyl (C=O) groups excluding carboxylic acids is 1. The van der Waals surface area contributed by atoms with Crippen molar-refractivity contribution in [2.45, 2.75) is 39.0 Å². The molecule has 0 radical (unpaired) electrons. The van der Waals surface area contributed by atoms with Crippen LogP contribution in [0.25, 0.3) is 10.9 Å². The first-order valence-corrected chi connectivity index (χ1v) is 11.2. The maximum Gasteiger partial charge on any atom is 0.225 e. The van der Waals surface area contributed by atoms with E-state index in [9.17, 15) is 4.79 Å². The zero-order valence-electron chi connectivity index (χ0n) is 18.7. The van der Waals surface area contributed by atoms with E-state index in [1.54, 1.807) is 0 Å². The highest BCUT2D eigenvalue weighted by molar-refractivity contribution is 14.0. The summed E-state index contributed by atoms with van der Waals surface area (Å²) in [5.74, 6) is 0.948. The van der Waals surface area contributed by atoms with Gasteiger partial charge in [0, 0.05) is 48.2 Å². The minimum Gasteiger partial charge on any atom is -0.361 e. The van der Waals surface area contributed by atoms with Crippen LogP contribution in [0.2, 0.25) is 0 Å². The Morgan fingerprint density at radius 3 is 2.75 bits per heavy atom. The molecule has 2 aromatic carbocycles. The fourth-order valence-corrected chi connectivity index (χ4v) is 4.30. The Bertz CT molecular complexity index is 1090. The van der Waals surface area contributed by atoms with E-state index in [1.165, 1.54) is 22.0 Å². The van der Waals surface area contributed by atoms with E-state index in [4.69, 9.17) is 4.99 Å². The standard InChI is InChI=1S/C25H31N5O.HI/c1-3-17-8-7-10-21-18(15-28-24(17)21)12-13-27-25(26-4-2)29-16-19-14-23(31)30-22-11-6-5-9-20(19)22;/h5-11,15,19,28H,3-4,12-14,16H2,1-2H3,(H,30,31)(H2,26,27,29);1H. The Morgan fingerprint density at radius 2 is 1.94 bits per heavy atom. The summed E-state index contributed by atoms with van der Waals surface area (Å²) in [5.41, 5.74) is 5.97. The number of fused-ring (bicyclic) bond motifs is 2. The van der Waals surface area contributed by atoms with Crippen LogP contribution in [-0.2, 0) is 17.6 Å². The van der Waals surface area contributed by atoms with Gasteiger partial charge in [-0.1, -0.05) is 43.3 Å². The van der Waals surface area contributed by atoms with Crippen molar-refractivity contribution >= 4 is 52.4 Å².